The molecule has 1 aliphatic heterocycles. The topological polar surface area (TPSA) is 66.9 Å². The number of anilines is 1. The minimum Gasteiger partial charge on any atom is -0.449 e. The summed E-state index contributed by atoms with van der Waals surface area (Å²) in [5, 5.41) is 0. The molecule has 30 heavy (non-hydrogen) atoms. The highest BCUT2D eigenvalue weighted by Gasteiger charge is 2.28. The molecule has 0 aromatic heterocycles. The van der Waals surface area contributed by atoms with Crippen molar-refractivity contribution in [3.05, 3.63) is 65.7 Å². The van der Waals surface area contributed by atoms with Crippen LogP contribution >= 0.6 is 0 Å². The van der Waals surface area contributed by atoms with Gasteiger partial charge in [0, 0.05) is 25.8 Å². The lowest BCUT2D eigenvalue weighted by molar-refractivity contribution is -0.141. The van der Waals surface area contributed by atoms with Gasteiger partial charge in [-0.05, 0) is 49.9 Å². The fraction of sp³-hybridized carbons (Fsp3) is 0.375. The van der Waals surface area contributed by atoms with Gasteiger partial charge in [-0.15, -0.1) is 0 Å². The highest BCUT2D eigenvalue weighted by Crippen LogP contribution is 2.20. The first-order valence-corrected chi connectivity index (χ1v) is 10.3. The molecule has 0 aliphatic carbocycles. The Kier molecular flexibility index (Phi) is 6.87. The fourth-order valence-electron chi connectivity index (χ4n) is 3.56. The van der Waals surface area contributed by atoms with E-state index in [1.54, 1.807) is 43.1 Å². The molecule has 6 heteroatoms. The summed E-state index contributed by atoms with van der Waals surface area (Å²) in [6.07, 6.45) is 1.01. The van der Waals surface area contributed by atoms with E-state index >= 15 is 0 Å². The van der Waals surface area contributed by atoms with Crippen molar-refractivity contribution in [3.63, 3.8) is 0 Å². The van der Waals surface area contributed by atoms with Crippen LogP contribution in [-0.4, -0.2) is 48.9 Å². The third-order valence-corrected chi connectivity index (χ3v) is 5.55. The Morgan fingerprint density at radius 2 is 1.53 bits per heavy atom. The van der Waals surface area contributed by atoms with Gasteiger partial charge in [0.2, 0.25) is 0 Å². The predicted octanol–water partition coefficient (Wildman–Crippen LogP) is 3.77. The Labute approximate surface area is 177 Å². The minimum absolute atomic E-state index is 0.150. The lowest BCUT2D eigenvalue weighted by Crippen LogP contribution is -2.44. The van der Waals surface area contributed by atoms with Crippen molar-refractivity contribution in [1.82, 2.24) is 4.90 Å². The van der Waals surface area contributed by atoms with Crippen molar-refractivity contribution in [2.75, 3.05) is 25.0 Å². The molecule has 1 fully saturated rings. The van der Waals surface area contributed by atoms with E-state index in [4.69, 9.17) is 4.74 Å². The number of esters is 1. The number of nitrogens with zero attached hydrogens (tertiary/aromatic N) is 2. The van der Waals surface area contributed by atoms with Crippen molar-refractivity contribution in [2.24, 2.45) is 5.92 Å². The summed E-state index contributed by atoms with van der Waals surface area (Å²) >= 11 is 0. The van der Waals surface area contributed by atoms with Crippen molar-refractivity contribution in [2.45, 2.75) is 32.8 Å². The smallest absolute Gasteiger partial charge is 0.339 e. The zero-order valence-electron chi connectivity index (χ0n) is 17.7. The molecule has 0 radical (unpaired) electrons. The molecule has 1 heterocycles. The molecule has 0 spiro atoms. The summed E-state index contributed by atoms with van der Waals surface area (Å²) in [4.78, 5) is 41.7. The Hall–Kier alpha value is -3.15. The largest absolute Gasteiger partial charge is 0.449 e. The molecule has 158 valence electrons. The van der Waals surface area contributed by atoms with E-state index in [2.05, 4.69) is 6.92 Å². The second-order valence-electron chi connectivity index (χ2n) is 7.80. The molecule has 1 saturated heterocycles. The van der Waals surface area contributed by atoms with Gasteiger partial charge < -0.3 is 14.5 Å². The first kappa shape index (κ1) is 21.6. The molecule has 1 aliphatic rings. The van der Waals surface area contributed by atoms with E-state index in [1.165, 1.54) is 4.90 Å². The highest BCUT2D eigenvalue weighted by molar-refractivity contribution is 6.12. The summed E-state index contributed by atoms with van der Waals surface area (Å²) < 4.78 is 5.45. The number of hydrogen-bond donors (Lipinski definition) is 0. The number of ether oxygens (including phenoxy) is 1. The van der Waals surface area contributed by atoms with Crippen LogP contribution in [0.3, 0.4) is 0 Å². The van der Waals surface area contributed by atoms with Crippen molar-refractivity contribution in [3.8, 4) is 0 Å². The van der Waals surface area contributed by atoms with E-state index in [-0.39, 0.29) is 22.9 Å². The monoisotopic (exact) mass is 408 g/mol. The molecule has 0 N–H and O–H groups in total. The average molecular weight is 408 g/mol. The first-order chi connectivity index (χ1) is 14.4. The maximum absolute atomic E-state index is 13.0. The normalized spacial score (nSPS) is 15.4. The number of benzene rings is 2. The zero-order valence-corrected chi connectivity index (χ0v) is 17.7. The van der Waals surface area contributed by atoms with Gasteiger partial charge >= 0.3 is 5.97 Å². The van der Waals surface area contributed by atoms with Gasteiger partial charge in [0.05, 0.1) is 11.1 Å². The lowest BCUT2D eigenvalue weighted by atomic mass is 9.99. The number of piperidine rings is 1. The molecular weight excluding hydrogens is 380 g/mol. The van der Waals surface area contributed by atoms with Crippen LogP contribution in [0.4, 0.5) is 5.69 Å². The summed E-state index contributed by atoms with van der Waals surface area (Å²) in [7, 11) is 1.66. The van der Waals surface area contributed by atoms with Crippen LogP contribution in [0.5, 0.6) is 0 Å². The summed E-state index contributed by atoms with van der Waals surface area (Å²) in [5.41, 5.74) is 1.10. The molecule has 1 unspecified atom stereocenters. The van der Waals surface area contributed by atoms with E-state index in [1.807, 2.05) is 30.3 Å². The van der Waals surface area contributed by atoms with Crippen LogP contribution in [-0.2, 0) is 9.53 Å². The van der Waals surface area contributed by atoms with Crippen LogP contribution in [0, 0.1) is 5.92 Å². The second kappa shape index (κ2) is 9.57. The zero-order chi connectivity index (χ0) is 21.7. The molecule has 3 rings (SSSR count). The van der Waals surface area contributed by atoms with Crippen LogP contribution in [0.15, 0.2) is 54.6 Å². The second-order valence-corrected chi connectivity index (χ2v) is 7.80. The number of carbonyl (C=O) groups excluding carboxylic acids is 3. The number of rotatable bonds is 5. The van der Waals surface area contributed by atoms with Gasteiger partial charge in [0.15, 0.2) is 6.10 Å². The molecule has 2 aromatic rings. The quantitative estimate of drug-likeness (QED) is 0.707. The number of carbonyl (C=O) groups is 3. The van der Waals surface area contributed by atoms with Gasteiger partial charge in [0.25, 0.3) is 11.8 Å². The number of amides is 2. The molecular formula is C24H28N2O4. The van der Waals surface area contributed by atoms with Crippen molar-refractivity contribution in [1.29, 1.82) is 0 Å². The molecule has 0 saturated carbocycles. The van der Waals surface area contributed by atoms with E-state index in [0.29, 0.717) is 24.7 Å². The Bertz CT molecular complexity index is 904. The molecule has 2 amide bonds. The van der Waals surface area contributed by atoms with Gasteiger partial charge in [-0.25, -0.2) is 4.79 Å². The molecule has 6 nitrogen and oxygen atoms in total. The summed E-state index contributed by atoms with van der Waals surface area (Å²) in [6.45, 7) is 5.11. The third kappa shape index (κ3) is 4.87. The maximum atomic E-state index is 13.0. The number of likely N-dealkylation sites (tertiary alicyclic amines) is 1. The predicted molar refractivity (Wildman–Crippen MR) is 115 cm³/mol. The highest BCUT2D eigenvalue weighted by atomic mass is 16.5. The van der Waals surface area contributed by atoms with Crippen LogP contribution in [0.2, 0.25) is 0 Å². The van der Waals surface area contributed by atoms with Gasteiger partial charge in [-0.2, -0.15) is 0 Å². The van der Waals surface area contributed by atoms with Crippen LogP contribution in [0.25, 0.3) is 0 Å². The number of para-hydroxylation sites is 1. The Morgan fingerprint density at radius 3 is 2.17 bits per heavy atom. The molecule has 0 bridgehead atoms. The standard InChI is InChI=1S/C24H28N2O4/c1-17-13-15-26(16-14-17)22(27)18(2)30-24(29)21-12-8-7-11-20(21)23(28)25(3)19-9-5-4-6-10-19/h4-12,17-18H,13-16H2,1-3H3. The van der Waals surface area contributed by atoms with Crippen LogP contribution < -0.4 is 4.90 Å². The van der Waals surface area contributed by atoms with Crippen molar-refractivity contribution < 1.29 is 19.1 Å². The Balaban J connectivity index is 1.72. The van der Waals surface area contributed by atoms with Gasteiger partial charge in [0.1, 0.15) is 0 Å². The average Bonchev–Trinajstić information content (AvgIpc) is 2.78. The van der Waals surface area contributed by atoms with Gasteiger partial charge in [-0.3, -0.25) is 9.59 Å². The first-order valence-electron chi connectivity index (χ1n) is 10.3. The lowest BCUT2D eigenvalue weighted by Gasteiger charge is -2.32. The van der Waals surface area contributed by atoms with Crippen molar-refractivity contribution >= 4 is 23.5 Å². The Morgan fingerprint density at radius 1 is 0.967 bits per heavy atom. The summed E-state index contributed by atoms with van der Waals surface area (Å²) in [5.74, 6) is -0.587. The SMILES string of the molecule is CC1CCN(C(=O)C(C)OC(=O)c2ccccc2C(=O)N(C)c2ccccc2)CC1. The summed E-state index contributed by atoms with van der Waals surface area (Å²) in [6, 6.07) is 15.7. The van der Waals surface area contributed by atoms with E-state index in [0.717, 1.165) is 12.8 Å². The van der Waals surface area contributed by atoms with Crippen LogP contribution in [0.1, 0.15) is 47.4 Å². The molecule has 1 atom stereocenters. The third-order valence-electron chi connectivity index (χ3n) is 5.55. The van der Waals surface area contributed by atoms with E-state index in [9.17, 15) is 14.4 Å². The molecule has 2 aromatic carbocycles. The number of hydrogen-bond acceptors (Lipinski definition) is 4. The maximum Gasteiger partial charge on any atom is 0.339 e. The van der Waals surface area contributed by atoms with Gasteiger partial charge in [-0.1, -0.05) is 37.3 Å². The minimum atomic E-state index is -0.902. The fourth-order valence-corrected chi connectivity index (χ4v) is 3.56. The van der Waals surface area contributed by atoms with E-state index < -0.39 is 12.1 Å².